The number of carbonyl (C=O) groups excluding carboxylic acids is 1. The molecule has 1 fully saturated rings. The number of likely N-dealkylation sites (tertiary alicyclic amines) is 1. The van der Waals surface area contributed by atoms with Gasteiger partial charge in [0.25, 0.3) is 5.91 Å². The van der Waals surface area contributed by atoms with Crippen molar-refractivity contribution in [1.29, 1.82) is 0 Å². The van der Waals surface area contributed by atoms with Crippen molar-refractivity contribution < 1.29 is 9.90 Å². The summed E-state index contributed by atoms with van der Waals surface area (Å²) in [5.41, 5.74) is 1.74. The first kappa shape index (κ1) is 12.6. The molecule has 3 nitrogen and oxygen atoms in total. The Morgan fingerprint density at radius 3 is 3.06 bits per heavy atom. The lowest BCUT2D eigenvalue weighted by Gasteiger charge is -2.23. The van der Waals surface area contributed by atoms with Gasteiger partial charge in [-0.25, -0.2) is 0 Å². The Bertz CT molecular complexity index is 433. The fourth-order valence-corrected chi connectivity index (χ4v) is 2.69. The van der Waals surface area contributed by atoms with Crippen LogP contribution in [0.5, 0.6) is 0 Å². The monoisotopic (exact) mass is 297 g/mol. The summed E-state index contributed by atoms with van der Waals surface area (Å²) >= 11 is 3.46. The van der Waals surface area contributed by atoms with Crippen LogP contribution in [0.1, 0.15) is 28.8 Å². The third-order valence-electron chi connectivity index (χ3n) is 3.27. The van der Waals surface area contributed by atoms with Gasteiger partial charge in [0, 0.05) is 11.0 Å². The van der Waals surface area contributed by atoms with Gasteiger partial charge >= 0.3 is 0 Å². The highest BCUT2D eigenvalue weighted by Crippen LogP contribution is 2.26. The third kappa shape index (κ3) is 2.38. The van der Waals surface area contributed by atoms with Crippen LogP contribution in [0.3, 0.4) is 0 Å². The van der Waals surface area contributed by atoms with E-state index in [2.05, 4.69) is 15.9 Å². The molecule has 0 saturated carbocycles. The van der Waals surface area contributed by atoms with Gasteiger partial charge in [-0.2, -0.15) is 0 Å². The normalized spacial score (nSPS) is 19.7. The van der Waals surface area contributed by atoms with Gasteiger partial charge < -0.3 is 10.0 Å². The fraction of sp³-hybridized carbons (Fsp3) is 0.462. The highest BCUT2D eigenvalue weighted by Gasteiger charge is 2.29. The quantitative estimate of drug-likeness (QED) is 0.910. The summed E-state index contributed by atoms with van der Waals surface area (Å²) in [6, 6.07) is 5.66. The Morgan fingerprint density at radius 2 is 2.35 bits per heavy atom. The smallest absolute Gasteiger partial charge is 0.255 e. The van der Waals surface area contributed by atoms with E-state index in [1.807, 2.05) is 25.1 Å². The maximum Gasteiger partial charge on any atom is 0.255 e. The van der Waals surface area contributed by atoms with E-state index in [1.165, 1.54) is 0 Å². The molecular formula is C13H16BrNO2. The summed E-state index contributed by atoms with van der Waals surface area (Å²) in [5.74, 6) is 0.0112. The predicted octanol–water partition coefficient (Wildman–Crippen LogP) is 2.35. The zero-order chi connectivity index (χ0) is 12.4. The molecule has 1 N–H and O–H groups in total. The number of hydrogen-bond donors (Lipinski definition) is 1. The highest BCUT2D eigenvalue weighted by molar-refractivity contribution is 9.10. The number of aliphatic hydroxyl groups excluding tert-OH is 1. The first-order chi connectivity index (χ1) is 8.15. The number of nitrogens with zero attached hydrogens (tertiary/aromatic N) is 1. The van der Waals surface area contributed by atoms with Crippen molar-refractivity contribution in [1.82, 2.24) is 4.90 Å². The number of benzene rings is 1. The lowest BCUT2D eigenvalue weighted by molar-refractivity contribution is 0.0676. The molecule has 1 aromatic carbocycles. The molecule has 1 amide bonds. The summed E-state index contributed by atoms with van der Waals surface area (Å²) < 4.78 is 0.855. The third-order valence-corrected chi connectivity index (χ3v) is 4.32. The van der Waals surface area contributed by atoms with Crippen LogP contribution in [-0.4, -0.2) is 35.1 Å². The molecular weight excluding hydrogens is 282 g/mol. The predicted molar refractivity (Wildman–Crippen MR) is 70.0 cm³/mol. The van der Waals surface area contributed by atoms with E-state index in [1.54, 1.807) is 4.90 Å². The number of amides is 1. The lowest BCUT2D eigenvalue weighted by atomic mass is 10.1. The summed E-state index contributed by atoms with van der Waals surface area (Å²) in [7, 11) is 0. The first-order valence-corrected chi connectivity index (χ1v) is 6.61. The summed E-state index contributed by atoms with van der Waals surface area (Å²) in [6.07, 6.45) is 1.87. The molecule has 1 saturated heterocycles. The maximum atomic E-state index is 12.4. The topological polar surface area (TPSA) is 40.5 Å². The number of halogens is 1. The largest absolute Gasteiger partial charge is 0.394 e. The van der Waals surface area contributed by atoms with Crippen molar-refractivity contribution in [3.8, 4) is 0 Å². The van der Waals surface area contributed by atoms with Crippen LogP contribution < -0.4 is 0 Å². The lowest BCUT2D eigenvalue weighted by Crippen LogP contribution is -2.37. The molecule has 0 spiro atoms. The molecule has 1 aromatic rings. The molecule has 1 aliphatic rings. The minimum atomic E-state index is -0.0186. The first-order valence-electron chi connectivity index (χ1n) is 5.82. The molecule has 0 radical (unpaired) electrons. The van der Waals surface area contributed by atoms with Crippen molar-refractivity contribution in [2.24, 2.45) is 0 Å². The molecule has 0 aromatic heterocycles. The van der Waals surface area contributed by atoms with E-state index in [0.29, 0.717) is 5.56 Å². The second-order valence-electron chi connectivity index (χ2n) is 4.41. The molecule has 1 aliphatic heterocycles. The van der Waals surface area contributed by atoms with Crippen LogP contribution in [0.15, 0.2) is 22.7 Å². The molecule has 92 valence electrons. The fourth-order valence-electron chi connectivity index (χ4n) is 2.26. The van der Waals surface area contributed by atoms with E-state index < -0.39 is 0 Å². The van der Waals surface area contributed by atoms with E-state index in [4.69, 9.17) is 0 Å². The molecule has 0 unspecified atom stereocenters. The number of rotatable bonds is 2. The van der Waals surface area contributed by atoms with Crippen molar-refractivity contribution in [2.75, 3.05) is 13.2 Å². The van der Waals surface area contributed by atoms with E-state index in [0.717, 1.165) is 29.4 Å². The average molecular weight is 298 g/mol. The number of aliphatic hydroxyl groups is 1. The van der Waals surface area contributed by atoms with Gasteiger partial charge in [0.2, 0.25) is 0 Å². The number of hydrogen-bond acceptors (Lipinski definition) is 2. The van der Waals surface area contributed by atoms with E-state index >= 15 is 0 Å². The zero-order valence-electron chi connectivity index (χ0n) is 9.82. The van der Waals surface area contributed by atoms with Gasteiger partial charge in [0.15, 0.2) is 0 Å². The van der Waals surface area contributed by atoms with Crippen molar-refractivity contribution in [3.63, 3.8) is 0 Å². The van der Waals surface area contributed by atoms with Gasteiger partial charge in [0.05, 0.1) is 18.2 Å². The molecule has 4 heteroatoms. The highest BCUT2D eigenvalue weighted by atomic mass is 79.9. The second-order valence-corrected chi connectivity index (χ2v) is 5.21. The summed E-state index contributed by atoms with van der Waals surface area (Å²) in [5, 5.41) is 9.25. The van der Waals surface area contributed by atoms with Crippen LogP contribution in [0.2, 0.25) is 0 Å². The zero-order valence-corrected chi connectivity index (χ0v) is 11.4. The van der Waals surface area contributed by atoms with Gasteiger partial charge in [-0.1, -0.05) is 12.1 Å². The van der Waals surface area contributed by atoms with Crippen LogP contribution in [0, 0.1) is 6.92 Å². The van der Waals surface area contributed by atoms with E-state index in [9.17, 15) is 9.90 Å². The van der Waals surface area contributed by atoms with Crippen LogP contribution in [0.4, 0.5) is 0 Å². The van der Waals surface area contributed by atoms with Crippen molar-refractivity contribution in [3.05, 3.63) is 33.8 Å². The molecule has 0 aliphatic carbocycles. The van der Waals surface area contributed by atoms with E-state index in [-0.39, 0.29) is 18.6 Å². The SMILES string of the molecule is Cc1cccc(C(=O)N2CCC[C@H]2CO)c1Br. The van der Waals surface area contributed by atoms with Crippen LogP contribution >= 0.6 is 15.9 Å². The standard InChI is InChI=1S/C13H16BrNO2/c1-9-4-2-6-11(12(9)14)13(17)15-7-3-5-10(15)8-16/h2,4,6,10,16H,3,5,7-8H2,1H3/t10-/m0/s1. The van der Waals surface area contributed by atoms with Gasteiger partial charge in [-0.15, -0.1) is 0 Å². The Kier molecular flexibility index (Phi) is 3.84. The number of aryl methyl sites for hydroxylation is 1. The molecule has 2 rings (SSSR count). The summed E-state index contributed by atoms with van der Waals surface area (Å²) in [6.45, 7) is 2.76. The van der Waals surface area contributed by atoms with Crippen LogP contribution in [-0.2, 0) is 0 Å². The van der Waals surface area contributed by atoms with Crippen molar-refractivity contribution >= 4 is 21.8 Å². The van der Waals surface area contributed by atoms with Crippen molar-refractivity contribution in [2.45, 2.75) is 25.8 Å². The van der Waals surface area contributed by atoms with Gasteiger partial charge in [0.1, 0.15) is 0 Å². The van der Waals surface area contributed by atoms with Gasteiger partial charge in [-0.3, -0.25) is 4.79 Å². The Hall–Kier alpha value is -0.870. The molecule has 0 bridgehead atoms. The Morgan fingerprint density at radius 1 is 1.59 bits per heavy atom. The Labute approximate surface area is 110 Å². The number of carbonyl (C=O) groups is 1. The molecule has 1 atom stereocenters. The minimum Gasteiger partial charge on any atom is -0.394 e. The average Bonchev–Trinajstić information content (AvgIpc) is 2.80. The Balaban J connectivity index is 2.28. The van der Waals surface area contributed by atoms with Crippen LogP contribution in [0.25, 0.3) is 0 Å². The minimum absolute atomic E-state index is 0.0112. The second kappa shape index (κ2) is 5.19. The molecule has 1 heterocycles. The maximum absolute atomic E-state index is 12.4. The molecule has 17 heavy (non-hydrogen) atoms. The summed E-state index contributed by atoms with van der Waals surface area (Å²) in [4.78, 5) is 14.2. The van der Waals surface area contributed by atoms with Gasteiger partial charge in [-0.05, 0) is 47.3 Å².